The highest BCUT2D eigenvalue weighted by Gasteiger charge is 2.33. The van der Waals surface area contributed by atoms with Gasteiger partial charge in [0.05, 0.1) is 10.9 Å². The number of hydrogen-bond donors (Lipinski definition) is 0. The van der Waals surface area contributed by atoms with Gasteiger partial charge in [-0.15, -0.1) is 0 Å². The number of rotatable bonds is 1. The van der Waals surface area contributed by atoms with E-state index in [-0.39, 0.29) is 16.7 Å². The molecular weight excluding hydrogens is 401 g/mol. The maximum absolute atomic E-state index is 13.1. The maximum atomic E-state index is 13.1. The minimum Gasteiger partial charge on any atom is -0.307 e. The summed E-state index contributed by atoms with van der Waals surface area (Å²) in [4.78, 5) is 43.2. The fraction of sp³-hybridized carbons (Fsp3) is 0.300. The van der Waals surface area contributed by atoms with Crippen molar-refractivity contribution in [2.24, 2.45) is 14.1 Å². The number of carbonyl (C=O) groups excluding carboxylic acids is 1. The molecule has 10 heteroatoms. The van der Waals surface area contributed by atoms with Gasteiger partial charge in [0, 0.05) is 26.3 Å². The molecular formula is C20H17F3N4O3. The van der Waals surface area contributed by atoms with Gasteiger partial charge in [-0.2, -0.15) is 13.2 Å². The van der Waals surface area contributed by atoms with Gasteiger partial charge in [0.15, 0.2) is 0 Å². The molecule has 4 rings (SSSR count). The first-order valence-electron chi connectivity index (χ1n) is 9.18. The average Bonchev–Trinajstić information content (AvgIpc) is 2.73. The molecule has 0 fully saturated rings. The van der Waals surface area contributed by atoms with Crippen molar-refractivity contribution in [3.05, 3.63) is 68.0 Å². The van der Waals surface area contributed by atoms with Crippen molar-refractivity contribution in [2.75, 3.05) is 11.4 Å². The van der Waals surface area contributed by atoms with Crippen LogP contribution in [0.1, 0.15) is 28.0 Å². The lowest BCUT2D eigenvalue weighted by molar-refractivity contribution is -0.137. The van der Waals surface area contributed by atoms with Crippen molar-refractivity contribution in [2.45, 2.75) is 19.0 Å². The van der Waals surface area contributed by atoms with Crippen molar-refractivity contribution in [3.63, 3.8) is 0 Å². The van der Waals surface area contributed by atoms with E-state index >= 15 is 0 Å². The van der Waals surface area contributed by atoms with Crippen LogP contribution in [0.2, 0.25) is 0 Å². The number of hydrogen-bond acceptors (Lipinski definition) is 4. The standard InChI is InChI=1S/C20H17F3N4O3/c1-25-16-13(17(28)26(2)19(25)30)6-7-14(24-16)18(29)27-9-3-4-11-10-12(20(21,22)23)5-8-15(11)27/h5-8,10H,3-4,9H2,1-2H3. The topological polar surface area (TPSA) is 77.2 Å². The molecule has 0 saturated heterocycles. The van der Waals surface area contributed by atoms with Crippen molar-refractivity contribution in [1.82, 2.24) is 14.1 Å². The van der Waals surface area contributed by atoms with Gasteiger partial charge >= 0.3 is 11.9 Å². The molecule has 0 N–H and O–H groups in total. The third-order valence-corrected chi connectivity index (χ3v) is 5.29. The predicted octanol–water partition coefficient (Wildman–Crippen LogP) is 2.24. The maximum Gasteiger partial charge on any atom is 0.416 e. The van der Waals surface area contributed by atoms with E-state index in [1.54, 1.807) is 0 Å². The lowest BCUT2D eigenvalue weighted by atomic mass is 9.98. The number of pyridine rings is 1. The molecule has 1 aromatic carbocycles. The molecule has 30 heavy (non-hydrogen) atoms. The van der Waals surface area contributed by atoms with Gasteiger partial charge in [-0.3, -0.25) is 18.7 Å². The number of nitrogens with zero attached hydrogens (tertiary/aromatic N) is 4. The molecule has 1 amide bonds. The van der Waals surface area contributed by atoms with Crippen LogP contribution in [-0.4, -0.2) is 26.6 Å². The third-order valence-electron chi connectivity index (χ3n) is 5.29. The smallest absolute Gasteiger partial charge is 0.307 e. The highest BCUT2D eigenvalue weighted by atomic mass is 19.4. The lowest BCUT2D eigenvalue weighted by Crippen LogP contribution is -2.38. The first-order valence-corrected chi connectivity index (χ1v) is 9.18. The Kier molecular flexibility index (Phi) is 4.52. The number of anilines is 1. The number of benzene rings is 1. The Morgan fingerprint density at radius 1 is 1.07 bits per heavy atom. The van der Waals surface area contributed by atoms with E-state index in [9.17, 15) is 27.6 Å². The molecule has 0 spiro atoms. The van der Waals surface area contributed by atoms with Gasteiger partial charge in [0.25, 0.3) is 11.5 Å². The van der Waals surface area contributed by atoms with E-state index < -0.39 is 28.9 Å². The summed E-state index contributed by atoms with van der Waals surface area (Å²) in [6, 6.07) is 6.12. The molecule has 2 aromatic heterocycles. The van der Waals surface area contributed by atoms with Crippen molar-refractivity contribution < 1.29 is 18.0 Å². The zero-order chi connectivity index (χ0) is 21.8. The molecule has 0 radical (unpaired) electrons. The van der Waals surface area contributed by atoms with E-state index in [2.05, 4.69) is 4.98 Å². The average molecular weight is 418 g/mol. The zero-order valence-corrected chi connectivity index (χ0v) is 16.2. The summed E-state index contributed by atoms with van der Waals surface area (Å²) in [7, 11) is 2.79. The van der Waals surface area contributed by atoms with Crippen LogP contribution >= 0.6 is 0 Å². The Labute approximate surface area is 168 Å². The highest BCUT2D eigenvalue weighted by molar-refractivity contribution is 6.06. The molecule has 1 aliphatic heterocycles. The first kappa shape index (κ1) is 19.9. The first-order chi connectivity index (χ1) is 14.1. The molecule has 0 aliphatic carbocycles. The summed E-state index contributed by atoms with van der Waals surface area (Å²) in [5.74, 6) is -0.509. The molecule has 3 aromatic rings. The van der Waals surface area contributed by atoms with Crippen LogP contribution in [0.5, 0.6) is 0 Å². The summed E-state index contributed by atoms with van der Waals surface area (Å²) in [5.41, 5.74) is -0.956. The minimum atomic E-state index is -4.46. The van der Waals surface area contributed by atoms with Gasteiger partial charge in [0.1, 0.15) is 11.3 Å². The Morgan fingerprint density at radius 3 is 2.50 bits per heavy atom. The fourth-order valence-corrected chi connectivity index (χ4v) is 3.70. The summed E-state index contributed by atoms with van der Waals surface area (Å²) in [5, 5.41) is 0.185. The molecule has 0 saturated carbocycles. The zero-order valence-electron chi connectivity index (χ0n) is 16.2. The molecule has 1 aliphatic rings. The number of carbonyl (C=O) groups is 1. The minimum absolute atomic E-state index is 0.00139. The number of halogens is 3. The number of fused-ring (bicyclic) bond motifs is 2. The molecule has 0 atom stereocenters. The van der Waals surface area contributed by atoms with Gasteiger partial charge in [-0.25, -0.2) is 9.78 Å². The largest absolute Gasteiger partial charge is 0.416 e. The molecule has 3 heterocycles. The summed E-state index contributed by atoms with van der Waals surface area (Å²) < 4.78 is 41.2. The van der Waals surface area contributed by atoms with Crippen LogP contribution in [0.25, 0.3) is 11.0 Å². The Balaban J connectivity index is 1.79. The quantitative estimate of drug-likeness (QED) is 0.608. The summed E-state index contributed by atoms with van der Waals surface area (Å²) >= 11 is 0. The highest BCUT2D eigenvalue weighted by Crippen LogP contribution is 2.35. The number of aromatic nitrogens is 3. The number of alkyl halides is 3. The molecule has 7 nitrogen and oxygen atoms in total. The number of aryl methyl sites for hydroxylation is 2. The van der Waals surface area contributed by atoms with E-state index in [1.807, 2.05) is 0 Å². The fourth-order valence-electron chi connectivity index (χ4n) is 3.70. The predicted molar refractivity (Wildman–Crippen MR) is 104 cm³/mol. The molecule has 156 valence electrons. The van der Waals surface area contributed by atoms with Crippen LogP contribution in [-0.2, 0) is 26.7 Å². The Morgan fingerprint density at radius 2 is 1.80 bits per heavy atom. The Hall–Kier alpha value is -3.43. The van der Waals surface area contributed by atoms with Crippen molar-refractivity contribution in [1.29, 1.82) is 0 Å². The normalized spacial score (nSPS) is 14.1. The second-order valence-corrected chi connectivity index (χ2v) is 7.18. The second kappa shape index (κ2) is 6.82. The van der Waals surface area contributed by atoms with E-state index in [4.69, 9.17) is 0 Å². The van der Waals surface area contributed by atoms with Crippen LogP contribution in [0.4, 0.5) is 18.9 Å². The summed E-state index contributed by atoms with van der Waals surface area (Å²) in [6.07, 6.45) is -3.52. The monoisotopic (exact) mass is 418 g/mol. The second-order valence-electron chi connectivity index (χ2n) is 7.18. The Bertz CT molecular complexity index is 1310. The molecule has 0 unspecified atom stereocenters. The van der Waals surface area contributed by atoms with E-state index in [1.165, 1.54) is 41.8 Å². The van der Waals surface area contributed by atoms with Crippen LogP contribution in [0.15, 0.2) is 39.9 Å². The lowest BCUT2D eigenvalue weighted by Gasteiger charge is -2.30. The van der Waals surface area contributed by atoms with Crippen molar-refractivity contribution in [3.8, 4) is 0 Å². The van der Waals surface area contributed by atoms with E-state index in [0.29, 0.717) is 30.6 Å². The van der Waals surface area contributed by atoms with Crippen LogP contribution < -0.4 is 16.1 Å². The van der Waals surface area contributed by atoms with Crippen molar-refractivity contribution >= 4 is 22.6 Å². The third kappa shape index (κ3) is 3.08. The van der Waals surface area contributed by atoms with Gasteiger partial charge < -0.3 is 4.90 Å². The summed E-state index contributed by atoms with van der Waals surface area (Å²) in [6.45, 7) is 0.326. The number of amides is 1. The van der Waals surface area contributed by atoms with Crippen LogP contribution in [0.3, 0.4) is 0 Å². The van der Waals surface area contributed by atoms with Crippen LogP contribution in [0, 0.1) is 0 Å². The molecule has 0 bridgehead atoms. The van der Waals surface area contributed by atoms with Gasteiger partial charge in [-0.1, -0.05) is 0 Å². The van der Waals surface area contributed by atoms with Gasteiger partial charge in [-0.05, 0) is 48.7 Å². The van der Waals surface area contributed by atoms with Gasteiger partial charge in [0.2, 0.25) is 0 Å². The SMILES string of the molecule is Cn1c(=O)c2ccc(C(=O)N3CCCc4cc(C(F)(F)F)ccc43)nc2n(C)c1=O. The van der Waals surface area contributed by atoms with E-state index in [0.717, 1.165) is 16.7 Å².